The smallest absolute Gasteiger partial charge is 0.223 e. The second kappa shape index (κ2) is 9.24. The normalized spacial score (nSPS) is 17.3. The molecule has 3 rings (SSSR count). The van der Waals surface area contributed by atoms with Crippen LogP contribution in [0.5, 0.6) is 5.75 Å². The summed E-state index contributed by atoms with van der Waals surface area (Å²) in [6.07, 6.45) is 1.94. The van der Waals surface area contributed by atoms with E-state index in [-0.39, 0.29) is 28.9 Å². The van der Waals surface area contributed by atoms with Gasteiger partial charge in [-0.15, -0.1) is 0 Å². The molecular weight excluding hydrogens is 374 g/mol. The molecule has 0 aliphatic carbocycles. The Morgan fingerprint density at radius 1 is 1.11 bits per heavy atom. The highest BCUT2D eigenvalue weighted by Gasteiger charge is 2.25. The van der Waals surface area contributed by atoms with Gasteiger partial charge in [0.1, 0.15) is 5.75 Å². The Hall–Kier alpha value is -2.34. The third-order valence-corrected chi connectivity index (χ3v) is 6.80. The maximum absolute atomic E-state index is 12.6. The number of sulfone groups is 1. The van der Waals surface area contributed by atoms with E-state index in [1.54, 1.807) is 35.2 Å². The minimum atomic E-state index is -3.43. The summed E-state index contributed by atoms with van der Waals surface area (Å²) in [5.41, 5.74) is 1.19. The molecule has 1 aliphatic heterocycles. The zero-order valence-corrected chi connectivity index (χ0v) is 17.0. The lowest BCUT2D eigenvalue weighted by molar-refractivity contribution is -0.132. The molecule has 1 atom stereocenters. The second-order valence-electron chi connectivity index (χ2n) is 7.35. The van der Waals surface area contributed by atoms with Crippen LogP contribution in [0, 0.1) is 12.8 Å². The van der Waals surface area contributed by atoms with E-state index in [1.807, 2.05) is 31.2 Å². The van der Waals surface area contributed by atoms with E-state index in [9.17, 15) is 13.2 Å². The second-order valence-corrected chi connectivity index (χ2v) is 9.46. The number of hydrogen-bond donors (Lipinski definition) is 0. The Kier molecular flexibility index (Phi) is 6.73. The SMILES string of the molecule is Cc1ccc(OCC2CCCN(C(=O)CCS(=O)(=O)c3ccccc3)C2)cc1. The number of ether oxygens (including phenoxy) is 1. The van der Waals surface area contributed by atoms with Gasteiger partial charge in [-0.3, -0.25) is 4.79 Å². The van der Waals surface area contributed by atoms with Gasteiger partial charge in [0.15, 0.2) is 9.84 Å². The minimum Gasteiger partial charge on any atom is -0.493 e. The lowest BCUT2D eigenvalue weighted by Gasteiger charge is -2.32. The first-order valence-corrected chi connectivity index (χ1v) is 11.3. The third-order valence-electron chi connectivity index (χ3n) is 5.07. The first-order chi connectivity index (χ1) is 13.4. The summed E-state index contributed by atoms with van der Waals surface area (Å²) in [6.45, 7) is 3.91. The number of carbonyl (C=O) groups excluding carboxylic acids is 1. The fraction of sp³-hybridized carbons (Fsp3) is 0.409. The molecule has 28 heavy (non-hydrogen) atoms. The standard InChI is InChI=1S/C22H27NO4S/c1-18-9-11-20(12-10-18)27-17-19-6-5-14-23(16-19)22(24)13-15-28(25,26)21-7-3-2-4-8-21/h2-4,7-12,19H,5-6,13-17H2,1H3. The molecule has 0 aromatic heterocycles. The van der Waals surface area contributed by atoms with Crippen molar-refractivity contribution in [3.63, 3.8) is 0 Å². The summed E-state index contributed by atoms with van der Waals surface area (Å²) in [5.74, 6) is 0.851. The Labute approximate surface area is 167 Å². The summed E-state index contributed by atoms with van der Waals surface area (Å²) in [7, 11) is -3.43. The van der Waals surface area contributed by atoms with E-state index >= 15 is 0 Å². The van der Waals surface area contributed by atoms with Crippen LogP contribution in [0.4, 0.5) is 0 Å². The molecule has 2 aromatic carbocycles. The molecule has 1 amide bonds. The Balaban J connectivity index is 1.49. The van der Waals surface area contributed by atoms with Crippen LogP contribution in [0.25, 0.3) is 0 Å². The van der Waals surface area contributed by atoms with Gasteiger partial charge >= 0.3 is 0 Å². The number of piperidine rings is 1. The quantitative estimate of drug-likeness (QED) is 0.713. The molecule has 0 saturated carbocycles. The zero-order valence-electron chi connectivity index (χ0n) is 16.2. The number of hydrogen-bond acceptors (Lipinski definition) is 4. The molecule has 1 fully saturated rings. The van der Waals surface area contributed by atoms with Crippen LogP contribution in [-0.4, -0.2) is 44.7 Å². The Bertz CT molecular complexity index is 879. The van der Waals surface area contributed by atoms with Crippen LogP contribution in [0.1, 0.15) is 24.8 Å². The van der Waals surface area contributed by atoms with Gasteiger partial charge in [0, 0.05) is 25.4 Å². The van der Waals surface area contributed by atoms with Crippen molar-refractivity contribution in [2.24, 2.45) is 5.92 Å². The first-order valence-electron chi connectivity index (χ1n) is 9.69. The lowest BCUT2D eigenvalue weighted by atomic mass is 9.98. The van der Waals surface area contributed by atoms with Crippen molar-refractivity contribution >= 4 is 15.7 Å². The van der Waals surface area contributed by atoms with E-state index in [4.69, 9.17) is 4.74 Å². The van der Waals surface area contributed by atoms with E-state index < -0.39 is 9.84 Å². The molecule has 0 N–H and O–H groups in total. The zero-order chi connectivity index (χ0) is 20.0. The van der Waals surface area contributed by atoms with Crippen LogP contribution >= 0.6 is 0 Å². The molecule has 5 nitrogen and oxygen atoms in total. The number of amides is 1. The molecule has 0 spiro atoms. The largest absolute Gasteiger partial charge is 0.493 e. The maximum Gasteiger partial charge on any atom is 0.223 e. The van der Waals surface area contributed by atoms with Crippen molar-refractivity contribution in [3.8, 4) is 5.75 Å². The molecule has 1 heterocycles. The number of likely N-dealkylation sites (tertiary alicyclic amines) is 1. The number of carbonyl (C=O) groups is 1. The molecule has 6 heteroatoms. The van der Waals surface area contributed by atoms with E-state index in [0.717, 1.165) is 18.6 Å². The minimum absolute atomic E-state index is 0.0166. The summed E-state index contributed by atoms with van der Waals surface area (Å²) >= 11 is 0. The molecular formula is C22H27NO4S. The fourth-order valence-corrected chi connectivity index (χ4v) is 4.65. The maximum atomic E-state index is 12.6. The van der Waals surface area contributed by atoms with Crippen molar-refractivity contribution < 1.29 is 17.9 Å². The molecule has 0 bridgehead atoms. The van der Waals surface area contributed by atoms with Crippen LogP contribution in [0.2, 0.25) is 0 Å². The Morgan fingerprint density at radius 3 is 2.54 bits per heavy atom. The highest BCUT2D eigenvalue weighted by molar-refractivity contribution is 7.91. The van der Waals surface area contributed by atoms with Gasteiger partial charge in [-0.25, -0.2) is 8.42 Å². The lowest BCUT2D eigenvalue weighted by Crippen LogP contribution is -2.42. The van der Waals surface area contributed by atoms with Gasteiger partial charge in [-0.05, 0) is 44.0 Å². The molecule has 150 valence electrons. The van der Waals surface area contributed by atoms with Gasteiger partial charge in [-0.2, -0.15) is 0 Å². The van der Waals surface area contributed by atoms with Crippen LogP contribution in [0.15, 0.2) is 59.5 Å². The Morgan fingerprint density at radius 2 is 1.82 bits per heavy atom. The molecule has 2 aromatic rings. The van der Waals surface area contributed by atoms with Gasteiger partial charge in [0.05, 0.1) is 17.3 Å². The number of nitrogens with zero attached hydrogens (tertiary/aromatic N) is 1. The first kappa shape index (κ1) is 20.4. The molecule has 1 unspecified atom stereocenters. The topological polar surface area (TPSA) is 63.7 Å². The average molecular weight is 402 g/mol. The molecule has 1 aliphatic rings. The predicted molar refractivity (Wildman–Crippen MR) is 109 cm³/mol. The van der Waals surface area contributed by atoms with E-state index in [0.29, 0.717) is 19.7 Å². The van der Waals surface area contributed by atoms with Crippen molar-refractivity contribution in [2.75, 3.05) is 25.4 Å². The number of rotatable bonds is 7. The highest BCUT2D eigenvalue weighted by atomic mass is 32.2. The summed E-state index contributed by atoms with van der Waals surface area (Å²) in [6, 6.07) is 16.2. The predicted octanol–water partition coefficient (Wildman–Crippen LogP) is 3.48. The summed E-state index contributed by atoms with van der Waals surface area (Å²) in [5, 5.41) is 0. The van der Waals surface area contributed by atoms with Crippen molar-refractivity contribution in [3.05, 3.63) is 60.2 Å². The van der Waals surface area contributed by atoms with Crippen molar-refractivity contribution in [1.29, 1.82) is 0 Å². The van der Waals surface area contributed by atoms with Crippen LogP contribution in [0.3, 0.4) is 0 Å². The molecule has 0 radical (unpaired) electrons. The summed E-state index contributed by atoms with van der Waals surface area (Å²) in [4.78, 5) is 14.6. The summed E-state index contributed by atoms with van der Waals surface area (Å²) < 4.78 is 30.6. The van der Waals surface area contributed by atoms with Crippen molar-refractivity contribution in [1.82, 2.24) is 4.90 Å². The monoisotopic (exact) mass is 401 g/mol. The van der Waals surface area contributed by atoms with Gasteiger partial charge < -0.3 is 9.64 Å². The van der Waals surface area contributed by atoms with Crippen LogP contribution < -0.4 is 4.74 Å². The van der Waals surface area contributed by atoms with Crippen molar-refractivity contribution in [2.45, 2.75) is 31.1 Å². The number of benzene rings is 2. The van der Waals surface area contributed by atoms with E-state index in [1.165, 1.54) is 5.56 Å². The molecule has 1 saturated heterocycles. The third kappa shape index (κ3) is 5.58. The van der Waals surface area contributed by atoms with Gasteiger partial charge in [0.2, 0.25) is 5.91 Å². The van der Waals surface area contributed by atoms with Gasteiger partial charge in [0.25, 0.3) is 0 Å². The highest BCUT2D eigenvalue weighted by Crippen LogP contribution is 2.20. The van der Waals surface area contributed by atoms with Gasteiger partial charge in [-0.1, -0.05) is 35.9 Å². The number of aryl methyl sites for hydroxylation is 1. The van der Waals surface area contributed by atoms with Crippen LogP contribution in [-0.2, 0) is 14.6 Å². The van der Waals surface area contributed by atoms with E-state index in [2.05, 4.69) is 0 Å². The average Bonchev–Trinajstić information content (AvgIpc) is 2.72. The fourth-order valence-electron chi connectivity index (χ4n) is 3.40.